The van der Waals surface area contributed by atoms with Gasteiger partial charge in [-0.3, -0.25) is 0 Å². The zero-order valence-electron chi connectivity index (χ0n) is 28.5. The molecule has 8 aromatic carbocycles. The van der Waals surface area contributed by atoms with Gasteiger partial charge in [0.15, 0.2) is 0 Å². The standard InChI is InChI=1S/C47H31BN2O2/c1-30-25-44-47-45(26-30)52-43-28-38-37-23-22-35(49(32-14-5-2-6-15-32)33-16-7-3-8-17-33)27-40(37)50(34-18-9-4-10-19-34)41(38)29-39(43)48(47)46-36-20-12-11-13-31(36)21-24-42(46)51-44/h2-29H,1H3. The van der Waals surface area contributed by atoms with Crippen molar-refractivity contribution in [3.8, 4) is 28.7 Å². The van der Waals surface area contributed by atoms with Crippen molar-refractivity contribution in [1.82, 2.24) is 4.57 Å². The number of ether oxygens (including phenoxy) is 2. The second-order valence-corrected chi connectivity index (χ2v) is 13.8. The largest absolute Gasteiger partial charge is 0.458 e. The van der Waals surface area contributed by atoms with Gasteiger partial charge in [0.1, 0.15) is 23.0 Å². The fraction of sp³-hybridized carbons (Fsp3) is 0.0213. The minimum Gasteiger partial charge on any atom is -0.458 e. The van der Waals surface area contributed by atoms with Crippen molar-refractivity contribution in [2.45, 2.75) is 6.92 Å². The normalized spacial score (nSPS) is 12.6. The number of anilines is 3. The molecular weight excluding hydrogens is 635 g/mol. The number of aromatic nitrogens is 1. The number of fused-ring (bicyclic) bond motifs is 9. The van der Waals surface area contributed by atoms with Crippen molar-refractivity contribution in [1.29, 1.82) is 0 Å². The summed E-state index contributed by atoms with van der Waals surface area (Å²) in [6.07, 6.45) is 0. The van der Waals surface area contributed by atoms with Crippen molar-refractivity contribution >= 4 is 72.7 Å². The Hall–Kier alpha value is -6.72. The molecule has 0 atom stereocenters. The average Bonchev–Trinajstić information content (AvgIpc) is 3.50. The molecule has 11 rings (SSSR count). The minimum absolute atomic E-state index is 0.0574. The summed E-state index contributed by atoms with van der Waals surface area (Å²) in [5.41, 5.74) is 11.2. The Kier molecular flexibility index (Phi) is 6.23. The van der Waals surface area contributed by atoms with Crippen LogP contribution in [0.4, 0.5) is 17.1 Å². The maximum Gasteiger partial charge on any atom is 0.261 e. The van der Waals surface area contributed by atoms with Gasteiger partial charge in [-0.15, -0.1) is 0 Å². The van der Waals surface area contributed by atoms with Crippen LogP contribution in [0, 0.1) is 6.92 Å². The number of rotatable bonds is 4. The summed E-state index contributed by atoms with van der Waals surface area (Å²) in [5, 5.41) is 4.72. The summed E-state index contributed by atoms with van der Waals surface area (Å²) >= 11 is 0. The van der Waals surface area contributed by atoms with E-state index in [2.05, 4.69) is 186 Å². The number of hydrogen-bond acceptors (Lipinski definition) is 3. The van der Waals surface area contributed by atoms with Crippen molar-refractivity contribution in [3.05, 3.63) is 175 Å². The highest BCUT2D eigenvalue weighted by Gasteiger charge is 2.42. The van der Waals surface area contributed by atoms with Gasteiger partial charge in [-0.25, -0.2) is 0 Å². The van der Waals surface area contributed by atoms with Gasteiger partial charge in [-0.1, -0.05) is 91.0 Å². The lowest BCUT2D eigenvalue weighted by Gasteiger charge is -2.34. The van der Waals surface area contributed by atoms with Crippen LogP contribution in [0.2, 0.25) is 0 Å². The average molecular weight is 667 g/mol. The third kappa shape index (κ3) is 4.29. The lowest BCUT2D eigenvalue weighted by atomic mass is 9.34. The molecule has 2 aliphatic heterocycles. The Labute approximate surface area is 301 Å². The third-order valence-electron chi connectivity index (χ3n) is 10.7. The van der Waals surface area contributed by atoms with E-state index in [4.69, 9.17) is 9.47 Å². The first-order chi connectivity index (χ1) is 25.7. The molecule has 244 valence electrons. The molecule has 0 radical (unpaired) electrons. The SMILES string of the molecule is Cc1cc2c3c(c1)Oc1ccc4ccccc4c1B3c1cc3c(cc1O2)c1ccc(N(c2ccccc2)c2ccccc2)cc1n3-c1ccccc1. The first-order valence-corrected chi connectivity index (χ1v) is 17.8. The topological polar surface area (TPSA) is 26.6 Å². The fourth-order valence-electron chi connectivity index (χ4n) is 8.50. The maximum absolute atomic E-state index is 6.88. The molecule has 0 aliphatic carbocycles. The van der Waals surface area contributed by atoms with Gasteiger partial charge < -0.3 is 18.9 Å². The second-order valence-electron chi connectivity index (χ2n) is 13.8. The molecule has 0 saturated heterocycles. The van der Waals surface area contributed by atoms with Crippen LogP contribution in [-0.4, -0.2) is 11.3 Å². The van der Waals surface area contributed by atoms with Crippen LogP contribution >= 0.6 is 0 Å². The molecule has 0 bridgehead atoms. The molecule has 0 saturated carbocycles. The molecule has 0 N–H and O–H groups in total. The van der Waals surface area contributed by atoms with E-state index >= 15 is 0 Å². The Morgan fingerprint density at radius 1 is 0.462 bits per heavy atom. The zero-order chi connectivity index (χ0) is 34.3. The molecule has 52 heavy (non-hydrogen) atoms. The molecule has 3 heterocycles. The number of nitrogens with zero attached hydrogens (tertiary/aromatic N) is 2. The van der Waals surface area contributed by atoms with E-state index in [-0.39, 0.29) is 6.71 Å². The van der Waals surface area contributed by atoms with Crippen LogP contribution in [0.1, 0.15) is 5.56 Å². The number of aryl methyl sites for hydroxylation is 1. The highest BCUT2D eigenvalue weighted by Crippen LogP contribution is 2.43. The number of hydrogen-bond donors (Lipinski definition) is 0. The van der Waals surface area contributed by atoms with Gasteiger partial charge in [0.2, 0.25) is 0 Å². The van der Waals surface area contributed by atoms with E-state index in [1.807, 2.05) is 0 Å². The molecule has 0 fully saturated rings. The smallest absolute Gasteiger partial charge is 0.261 e. The van der Waals surface area contributed by atoms with Crippen molar-refractivity contribution in [3.63, 3.8) is 0 Å². The molecule has 0 amide bonds. The van der Waals surface area contributed by atoms with E-state index in [0.29, 0.717) is 0 Å². The summed E-state index contributed by atoms with van der Waals surface area (Å²) in [4.78, 5) is 2.32. The van der Waals surface area contributed by atoms with Gasteiger partial charge in [-0.2, -0.15) is 0 Å². The van der Waals surface area contributed by atoms with E-state index in [0.717, 1.165) is 78.7 Å². The molecule has 1 aromatic heterocycles. The first-order valence-electron chi connectivity index (χ1n) is 17.8. The van der Waals surface area contributed by atoms with Crippen molar-refractivity contribution in [2.24, 2.45) is 0 Å². The Bertz CT molecular complexity index is 2830. The van der Waals surface area contributed by atoms with Gasteiger partial charge >= 0.3 is 0 Å². The summed E-state index contributed by atoms with van der Waals surface area (Å²) in [6.45, 7) is 2.05. The fourth-order valence-corrected chi connectivity index (χ4v) is 8.50. The monoisotopic (exact) mass is 666 g/mol. The van der Waals surface area contributed by atoms with Crippen molar-refractivity contribution < 1.29 is 9.47 Å². The summed E-state index contributed by atoms with van der Waals surface area (Å²) in [5.74, 6) is 3.51. The number of para-hydroxylation sites is 3. The highest BCUT2D eigenvalue weighted by atomic mass is 16.5. The van der Waals surface area contributed by atoms with Gasteiger partial charge in [0.05, 0.1) is 11.0 Å². The van der Waals surface area contributed by atoms with Gasteiger partial charge in [-0.05, 0) is 113 Å². The van der Waals surface area contributed by atoms with E-state index < -0.39 is 0 Å². The molecule has 5 heteroatoms. The van der Waals surface area contributed by atoms with Crippen LogP contribution in [-0.2, 0) is 0 Å². The molecule has 4 nitrogen and oxygen atoms in total. The quantitative estimate of drug-likeness (QED) is 0.175. The first kappa shape index (κ1) is 29.1. The van der Waals surface area contributed by atoms with Crippen molar-refractivity contribution in [2.75, 3.05) is 4.90 Å². The van der Waals surface area contributed by atoms with E-state index in [1.165, 1.54) is 21.6 Å². The Balaban J connectivity index is 1.21. The van der Waals surface area contributed by atoms with Crippen LogP contribution in [0.5, 0.6) is 23.0 Å². The molecular formula is C47H31BN2O2. The molecule has 2 aliphatic rings. The lowest BCUT2D eigenvalue weighted by Crippen LogP contribution is -2.57. The zero-order valence-corrected chi connectivity index (χ0v) is 28.5. The van der Waals surface area contributed by atoms with Gasteiger partial charge in [0.25, 0.3) is 6.71 Å². The van der Waals surface area contributed by atoms with E-state index in [1.54, 1.807) is 0 Å². The van der Waals surface area contributed by atoms with Gasteiger partial charge in [0, 0.05) is 39.0 Å². The van der Waals surface area contributed by atoms with Crippen LogP contribution in [0.3, 0.4) is 0 Å². The summed E-state index contributed by atoms with van der Waals surface area (Å²) in [6, 6.07) is 60.6. The van der Waals surface area contributed by atoms with Crippen LogP contribution in [0.15, 0.2) is 170 Å². The second kappa shape index (κ2) is 11.1. The molecule has 9 aromatic rings. The maximum atomic E-state index is 6.88. The van der Waals surface area contributed by atoms with Crippen LogP contribution in [0.25, 0.3) is 38.3 Å². The number of benzene rings is 8. The molecule has 0 spiro atoms. The Morgan fingerprint density at radius 2 is 1.10 bits per heavy atom. The lowest BCUT2D eigenvalue weighted by molar-refractivity contribution is 0.464. The summed E-state index contributed by atoms with van der Waals surface area (Å²) in [7, 11) is 0. The molecule has 0 unspecified atom stereocenters. The predicted molar refractivity (Wildman–Crippen MR) is 215 cm³/mol. The van der Waals surface area contributed by atoms with Crippen LogP contribution < -0.4 is 30.8 Å². The summed E-state index contributed by atoms with van der Waals surface area (Å²) < 4.78 is 16.0. The minimum atomic E-state index is -0.0574. The Morgan fingerprint density at radius 3 is 1.83 bits per heavy atom. The predicted octanol–water partition coefficient (Wildman–Crippen LogP) is 10.4. The van der Waals surface area contributed by atoms with E-state index in [9.17, 15) is 0 Å². The third-order valence-corrected chi connectivity index (χ3v) is 10.7. The highest BCUT2D eigenvalue weighted by molar-refractivity contribution is 6.99.